The van der Waals surface area contributed by atoms with Crippen molar-refractivity contribution >= 4 is 17.2 Å². The zero-order chi connectivity index (χ0) is 21.2. The third-order valence-corrected chi connectivity index (χ3v) is 5.18. The van der Waals surface area contributed by atoms with Gasteiger partial charge in [0.2, 0.25) is 0 Å². The van der Waals surface area contributed by atoms with Gasteiger partial charge >= 0.3 is 6.18 Å². The van der Waals surface area contributed by atoms with Crippen molar-refractivity contribution < 1.29 is 18.0 Å². The number of nitrogens with zero attached hydrogens (tertiary/aromatic N) is 3. The fraction of sp³-hybridized carbons (Fsp3) is 0.263. The van der Waals surface area contributed by atoms with Gasteiger partial charge in [-0.05, 0) is 44.2 Å². The highest BCUT2D eigenvalue weighted by Gasteiger charge is 2.30. The number of hydrogen-bond donors (Lipinski definition) is 1. The van der Waals surface area contributed by atoms with E-state index >= 15 is 0 Å². The van der Waals surface area contributed by atoms with E-state index < -0.39 is 17.6 Å². The van der Waals surface area contributed by atoms with Crippen molar-refractivity contribution in [3.05, 3.63) is 68.6 Å². The summed E-state index contributed by atoms with van der Waals surface area (Å²) in [7, 11) is 0. The van der Waals surface area contributed by atoms with Gasteiger partial charge in [-0.2, -0.15) is 18.3 Å². The molecule has 0 atom stereocenters. The number of nitrogens with one attached hydrogen (secondary N) is 1. The SMILES string of the molecule is Cc1nc(C)c(-c2ccc(=O)n(CCNC(=O)c3ccc(C(F)(F)F)cc3)n2)s1. The Kier molecular flexibility index (Phi) is 5.83. The Morgan fingerprint density at radius 1 is 1.14 bits per heavy atom. The molecule has 3 aromatic rings. The summed E-state index contributed by atoms with van der Waals surface area (Å²) in [6, 6.07) is 6.94. The van der Waals surface area contributed by atoms with Gasteiger partial charge in [-0.25, -0.2) is 9.67 Å². The zero-order valence-electron chi connectivity index (χ0n) is 15.6. The quantitative estimate of drug-likeness (QED) is 0.684. The minimum Gasteiger partial charge on any atom is -0.350 e. The van der Waals surface area contributed by atoms with E-state index in [1.807, 2.05) is 13.8 Å². The molecule has 6 nitrogen and oxygen atoms in total. The summed E-state index contributed by atoms with van der Waals surface area (Å²) >= 11 is 1.47. The molecule has 0 radical (unpaired) electrons. The Balaban J connectivity index is 1.66. The Bertz CT molecular complexity index is 1090. The summed E-state index contributed by atoms with van der Waals surface area (Å²) < 4.78 is 39.0. The average molecular weight is 422 g/mol. The van der Waals surface area contributed by atoms with Crippen LogP contribution in [0.15, 0.2) is 41.2 Å². The molecule has 3 rings (SSSR count). The van der Waals surface area contributed by atoms with E-state index in [1.165, 1.54) is 22.1 Å². The van der Waals surface area contributed by atoms with Crippen LogP contribution in [-0.4, -0.2) is 27.2 Å². The molecule has 29 heavy (non-hydrogen) atoms. The summed E-state index contributed by atoms with van der Waals surface area (Å²) in [5, 5.41) is 7.79. The molecule has 0 fully saturated rings. The third-order valence-electron chi connectivity index (χ3n) is 4.09. The fourth-order valence-electron chi connectivity index (χ4n) is 2.69. The molecule has 0 unspecified atom stereocenters. The highest BCUT2D eigenvalue weighted by molar-refractivity contribution is 7.15. The van der Waals surface area contributed by atoms with Crippen LogP contribution in [-0.2, 0) is 12.7 Å². The summed E-state index contributed by atoms with van der Waals surface area (Å²) in [5.74, 6) is -0.531. The molecule has 10 heteroatoms. The fourth-order valence-corrected chi connectivity index (χ4v) is 3.57. The minimum atomic E-state index is -4.46. The second kappa shape index (κ2) is 8.16. The van der Waals surface area contributed by atoms with Crippen molar-refractivity contribution in [2.45, 2.75) is 26.6 Å². The Labute approximate surface area is 168 Å². The third kappa shape index (κ3) is 4.89. The van der Waals surface area contributed by atoms with Crippen LogP contribution in [0, 0.1) is 13.8 Å². The lowest BCUT2D eigenvalue weighted by Gasteiger charge is -2.09. The monoisotopic (exact) mass is 422 g/mol. The second-order valence-electron chi connectivity index (χ2n) is 6.26. The molecule has 2 aromatic heterocycles. The Morgan fingerprint density at radius 2 is 1.83 bits per heavy atom. The normalized spacial score (nSPS) is 11.5. The van der Waals surface area contributed by atoms with Gasteiger partial charge < -0.3 is 5.32 Å². The van der Waals surface area contributed by atoms with Gasteiger partial charge in [-0.15, -0.1) is 11.3 Å². The van der Waals surface area contributed by atoms with E-state index in [1.54, 1.807) is 6.07 Å². The number of thiazole rings is 1. The molecule has 2 heterocycles. The maximum Gasteiger partial charge on any atom is 0.416 e. The van der Waals surface area contributed by atoms with Crippen LogP contribution >= 0.6 is 11.3 Å². The van der Waals surface area contributed by atoms with Gasteiger partial charge in [0, 0.05) is 18.2 Å². The molecule has 0 aliphatic rings. The van der Waals surface area contributed by atoms with Gasteiger partial charge in [-0.1, -0.05) is 0 Å². The molecule has 0 saturated heterocycles. The second-order valence-corrected chi connectivity index (χ2v) is 7.46. The number of aromatic nitrogens is 3. The van der Waals surface area contributed by atoms with E-state index in [4.69, 9.17) is 0 Å². The Hall–Kier alpha value is -3.01. The van der Waals surface area contributed by atoms with Crippen LogP contribution < -0.4 is 10.9 Å². The number of carbonyl (C=O) groups excluding carboxylic acids is 1. The molecule has 0 aliphatic heterocycles. The smallest absolute Gasteiger partial charge is 0.350 e. The topological polar surface area (TPSA) is 76.9 Å². The maximum atomic E-state index is 12.6. The molecular formula is C19H17F3N4O2S. The van der Waals surface area contributed by atoms with E-state index in [-0.39, 0.29) is 24.2 Å². The lowest BCUT2D eigenvalue weighted by atomic mass is 10.1. The highest BCUT2D eigenvalue weighted by atomic mass is 32.1. The summed E-state index contributed by atoms with van der Waals surface area (Å²) in [6.45, 7) is 3.96. The number of halogens is 3. The highest BCUT2D eigenvalue weighted by Crippen LogP contribution is 2.29. The van der Waals surface area contributed by atoms with Crippen molar-refractivity contribution in [3.8, 4) is 10.6 Å². The van der Waals surface area contributed by atoms with Crippen molar-refractivity contribution in [2.24, 2.45) is 0 Å². The molecule has 1 N–H and O–H groups in total. The molecule has 1 aromatic carbocycles. The van der Waals surface area contributed by atoms with Gasteiger partial charge in [-0.3, -0.25) is 9.59 Å². The van der Waals surface area contributed by atoms with Crippen LogP contribution in [0.1, 0.15) is 26.6 Å². The van der Waals surface area contributed by atoms with Gasteiger partial charge in [0.05, 0.1) is 27.7 Å². The predicted octanol–water partition coefficient (Wildman–Crippen LogP) is 3.43. The lowest BCUT2D eigenvalue weighted by molar-refractivity contribution is -0.137. The van der Waals surface area contributed by atoms with Crippen molar-refractivity contribution in [1.29, 1.82) is 0 Å². The number of amides is 1. The number of hydrogen-bond acceptors (Lipinski definition) is 5. The number of aryl methyl sites for hydroxylation is 2. The number of alkyl halides is 3. The molecule has 0 saturated carbocycles. The molecule has 0 spiro atoms. The first-order chi connectivity index (χ1) is 13.6. The van der Waals surface area contributed by atoms with Gasteiger partial charge in [0.15, 0.2) is 0 Å². The standard InChI is InChI=1S/C19H17F3N4O2S/c1-11-17(29-12(2)24-11)15-7-8-16(27)26(25-15)10-9-23-18(28)13-3-5-14(6-4-13)19(20,21)22/h3-8H,9-10H2,1-2H3,(H,23,28). The average Bonchev–Trinajstić information content (AvgIpc) is 3.00. The summed E-state index contributed by atoms with van der Waals surface area (Å²) in [6.07, 6.45) is -4.46. The van der Waals surface area contributed by atoms with Crippen molar-refractivity contribution in [1.82, 2.24) is 20.1 Å². The first kappa shape index (κ1) is 20.7. The van der Waals surface area contributed by atoms with Crippen LogP contribution in [0.4, 0.5) is 13.2 Å². The van der Waals surface area contributed by atoms with Crippen LogP contribution in [0.3, 0.4) is 0 Å². The first-order valence-corrected chi connectivity index (χ1v) is 9.45. The van der Waals surface area contributed by atoms with Gasteiger partial charge in [0.1, 0.15) is 5.69 Å². The number of benzene rings is 1. The zero-order valence-corrected chi connectivity index (χ0v) is 16.4. The number of carbonyl (C=O) groups is 1. The van der Waals surface area contributed by atoms with Crippen LogP contribution in [0.25, 0.3) is 10.6 Å². The Morgan fingerprint density at radius 3 is 2.41 bits per heavy atom. The van der Waals surface area contributed by atoms with E-state index in [0.29, 0.717) is 5.69 Å². The summed E-state index contributed by atoms with van der Waals surface area (Å²) in [5.41, 5.74) is 0.386. The molecule has 0 aliphatic carbocycles. The molecule has 1 amide bonds. The number of rotatable bonds is 5. The summed E-state index contributed by atoms with van der Waals surface area (Å²) in [4.78, 5) is 29.4. The van der Waals surface area contributed by atoms with E-state index in [0.717, 1.165) is 39.8 Å². The van der Waals surface area contributed by atoms with E-state index in [9.17, 15) is 22.8 Å². The molecule has 152 valence electrons. The van der Waals surface area contributed by atoms with Crippen LogP contribution in [0.5, 0.6) is 0 Å². The van der Waals surface area contributed by atoms with Crippen molar-refractivity contribution in [2.75, 3.05) is 6.54 Å². The maximum absolute atomic E-state index is 12.6. The van der Waals surface area contributed by atoms with Crippen molar-refractivity contribution in [3.63, 3.8) is 0 Å². The lowest BCUT2D eigenvalue weighted by Crippen LogP contribution is -2.32. The van der Waals surface area contributed by atoms with Crippen LogP contribution in [0.2, 0.25) is 0 Å². The largest absolute Gasteiger partial charge is 0.416 e. The minimum absolute atomic E-state index is 0.0942. The first-order valence-electron chi connectivity index (χ1n) is 8.63. The molecular weight excluding hydrogens is 405 g/mol. The van der Waals surface area contributed by atoms with E-state index in [2.05, 4.69) is 15.4 Å². The predicted molar refractivity (Wildman–Crippen MR) is 103 cm³/mol. The van der Waals surface area contributed by atoms with Gasteiger partial charge in [0.25, 0.3) is 11.5 Å². The molecule has 0 bridgehead atoms.